The van der Waals surface area contributed by atoms with Crippen molar-refractivity contribution in [3.8, 4) is 5.75 Å². The molecule has 2 nitrogen and oxygen atoms in total. The molecule has 1 saturated heterocycles. The highest BCUT2D eigenvalue weighted by Gasteiger charge is 2.32. The zero-order valence-electron chi connectivity index (χ0n) is 8.20. The molecule has 0 saturated carbocycles. The van der Waals surface area contributed by atoms with Gasteiger partial charge in [-0.3, -0.25) is 0 Å². The van der Waals surface area contributed by atoms with Crippen molar-refractivity contribution in [3.63, 3.8) is 0 Å². The number of hydrogen-bond acceptors (Lipinski definition) is 2. The summed E-state index contributed by atoms with van der Waals surface area (Å²) >= 11 is 0. The van der Waals surface area contributed by atoms with E-state index in [-0.39, 0.29) is 0 Å². The zero-order chi connectivity index (χ0) is 9.38. The van der Waals surface area contributed by atoms with Crippen molar-refractivity contribution in [1.82, 2.24) is 5.32 Å². The number of benzene rings is 1. The molecule has 1 aromatic carbocycles. The minimum atomic E-state index is 0.675. The molecule has 1 N–H and O–H groups in total. The molecule has 2 atom stereocenters. The second kappa shape index (κ2) is 3.28. The van der Waals surface area contributed by atoms with Crippen LogP contribution in [0.15, 0.2) is 24.3 Å². The molecule has 0 aromatic heterocycles. The Bertz CT molecular complexity index is 337. The molecule has 0 bridgehead atoms. The van der Waals surface area contributed by atoms with Gasteiger partial charge >= 0.3 is 0 Å². The van der Waals surface area contributed by atoms with Crippen LogP contribution in [-0.4, -0.2) is 19.7 Å². The predicted molar refractivity (Wildman–Crippen MR) is 55.7 cm³/mol. The number of ether oxygens (including phenoxy) is 1. The SMILES string of the molecule is c1ccc2c(c1)OC[C@@H]1CCNC[C@H]21. The van der Waals surface area contributed by atoms with Crippen LogP contribution in [0.4, 0.5) is 0 Å². The van der Waals surface area contributed by atoms with Gasteiger partial charge in [0.2, 0.25) is 0 Å². The van der Waals surface area contributed by atoms with Crippen molar-refractivity contribution in [2.75, 3.05) is 19.7 Å². The Kier molecular flexibility index (Phi) is 1.95. The second-order valence-corrected chi connectivity index (χ2v) is 4.21. The third-order valence-electron chi connectivity index (χ3n) is 3.40. The van der Waals surface area contributed by atoms with Crippen molar-refractivity contribution in [1.29, 1.82) is 0 Å². The maximum Gasteiger partial charge on any atom is 0.122 e. The normalized spacial score (nSPS) is 30.0. The molecular formula is C12H15NO. The smallest absolute Gasteiger partial charge is 0.122 e. The zero-order valence-corrected chi connectivity index (χ0v) is 8.20. The Morgan fingerprint density at radius 3 is 3.21 bits per heavy atom. The van der Waals surface area contributed by atoms with E-state index in [1.807, 2.05) is 0 Å². The first-order chi connectivity index (χ1) is 6.95. The van der Waals surface area contributed by atoms with E-state index >= 15 is 0 Å². The lowest BCUT2D eigenvalue weighted by Crippen LogP contribution is -2.40. The van der Waals surface area contributed by atoms with Crippen LogP contribution < -0.4 is 10.1 Å². The van der Waals surface area contributed by atoms with Crippen LogP contribution in [0.5, 0.6) is 5.75 Å². The van der Waals surface area contributed by atoms with Crippen LogP contribution in [-0.2, 0) is 0 Å². The maximum absolute atomic E-state index is 5.77. The number of nitrogens with one attached hydrogen (secondary N) is 1. The molecule has 1 fully saturated rings. The van der Waals surface area contributed by atoms with Gasteiger partial charge in [0.25, 0.3) is 0 Å². The number of para-hydroxylation sites is 1. The predicted octanol–water partition coefficient (Wildman–Crippen LogP) is 1.77. The van der Waals surface area contributed by atoms with E-state index in [0.29, 0.717) is 5.92 Å². The van der Waals surface area contributed by atoms with Gasteiger partial charge in [-0.1, -0.05) is 18.2 Å². The first-order valence-corrected chi connectivity index (χ1v) is 5.37. The summed E-state index contributed by atoms with van der Waals surface area (Å²) in [7, 11) is 0. The van der Waals surface area contributed by atoms with Crippen LogP contribution in [0.25, 0.3) is 0 Å². The van der Waals surface area contributed by atoms with E-state index in [1.165, 1.54) is 12.0 Å². The van der Waals surface area contributed by atoms with Crippen LogP contribution >= 0.6 is 0 Å². The van der Waals surface area contributed by atoms with Gasteiger partial charge in [0.05, 0.1) is 6.61 Å². The lowest BCUT2D eigenvalue weighted by Gasteiger charge is -2.37. The average Bonchev–Trinajstić information content (AvgIpc) is 2.29. The summed E-state index contributed by atoms with van der Waals surface area (Å²) in [5.41, 5.74) is 1.40. The summed E-state index contributed by atoms with van der Waals surface area (Å²) in [6, 6.07) is 8.45. The molecule has 74 valence electrons. The number of rotatable bonds is 0. The van der Waals surface area contributed by atoms with Crippen molar-refractivity contribution < 1.29 is 4.74 Å². The fraction of sp³-hybridized carbons (Fsp3) is 0.500. The van der Waals surface area contributed by atoms with E-state index in [0.717, 1.165) is 31.4 Å². The van der Waals surface area contributed by atoms with Crippen molar-refractivity contribution >= 4 is 0 Å². The van der Waals surface area contributed by atoms with E-state index < -0.39 is 0 Å². The van der Waals surface area contributed by atoms with Crippen molar-refractivity contribution in [2.45, 2.75) is 12.3 Å². The molecule has 2 heteroatoms. The highest BCUT2D eigenvalue weighted by molar-refractivity contribution is 5.38. The first kappa shape index (κ1) is 8.30. The third kappa shape index (κ3) is 1.22. The van der Waals surface area contributed by atoms with Gasteiger partial charge in [-0.2, -0.15) is 0 Å². The largest absolute Gasteiger partial charge is 0.493 e. The molecule has 0 spiro atoms. The Hall–Kier alpha value is -1.02. The lowest BCUT2D eigenvalue weighted by molar-refractivity contribution is 0.165. The molecule has 0 aliphatic carbocycles. The van der Waals surface area contributed by atoms with Crippen LogP contribution in [0.2, 0.25) is 0 Å². The number of hydrogen-bond donors (Lipinski definition) is 1. The molecule has 2 aliphatic rings. The van der Waals surface area contributed by atoms with E-state index in [9.17, 15) is 0 Å². The summed E-state index contributed by atoms with van der Waals surface area (Å²) in [6.07, 6.45) is 1.25. The van der Waals surface area contributed by atoms with Gasteiger partial charge < -0.3 is 10.1 Å². The highest BCUT2D eigenvalue weighted by atomic mass is 16.5. The molecular weight excluding hydrogens is 174 g/mol. The number of fused-ring (bicyclic) bond motifs is 3. The topological polar surface area (TPSA) is 21.3 Å². The minimum Gasteiger partial charge on any atom is -0.493 e. The summed E-state index contributed by atoms with van der Waals surface area (Å²) < 4.78 is 5.77. The molecule has 14 heavy (non-hydrogen) atoms. The van der Waals surface area contributed by atoms with Gasteiger partial charge in [0.15, 0.2) is 0 Å². The van der Waals surface area contributed by atoms with E-state index in [1.54, 1.807) is 0 Å². The maximum atomic E-state index is 5.77. The molecule has 2 aliphatic heterocycles. The Labute approximate surface area is 84.3 Å². The summed E-state index contributed by atoms with van der Waals surface area (Å²) in [5.74, 6) is 2.50. The standard InChI is InChI=1S/C12H15NO/c1-2-4-12-10(3-1)11-7-13-6-5-9(11)8-14-12/h1-4,9,11,13H,5-8H2/t9-,11-/m0/s1. The number of piperidine rings is 1. The minimum absolute atomic E-state index is 0.675. The van der Waals surface area contributed by atoms with E-state index in [2.05, 4.69) is 29.6 Å². The summed E-state index contributed by atoms with van der Waals surface area (Å²) in [6.45, 7) is 3.17. The van der Waals surface area contributed by atoms with Gasteiger partial charge in [0, 0.05) is 18.4 Å². The van der Waals surface area contributed by atoms with Crippen molar-refractivity contribution in [3.05, 3.63) is 29.8 Å². The summed E-state index contributed by atoms with van der Waals surface area (Å²) in [5, 5.41) is 3.47. The molecule has 0 amide bonds. The highest BCUT2D eigenvalue weighted by Crippen LogP contribution is 2.39. The molecule has 0 unspecified atom stereocenters. The second-order valence-electron chi connectivity index (χ2n) is 4.21. The van der Waals surface area contributed by atoms with Crippen LogP contribution in [0, 0.1) is 5.92 Å². The fourth-order valence-electron chi connectivity index (χ4n) is 2.59. The first-order valence-electron chi connectivity index (χ1n) is 5.37. The van der Waals surface area contributed by atoms with Crippen molar-refractivity contribution in [2.24, 2.45) is 5.92 Å². The lowest BCUT2D eigenvalue weighted by atomic mass is 9.80. The van der Waals surface area contributed by atoms with Crippen LogP contribution in [0.1, 0.15) is 17.9 Å². The Morgan fingerprint density at radius 1 is 1.29 bits per heavy atom. The molecule has 0 radical (unpaired) electrons. The fourth-order valence-corrected chi connectivity index (χ4v) is 2.59. The molecule has 2 heterocycles. The van der Waals surface area contributed by atoms with Crippen LogP contribution in [0.3, 0.4) is 0 Å². The van der Waals surface area contributed by atoms with Gasteiger partial charge in [0.1, 0.15) is 5.75 Å². The Morgan fingerprint density at radius 2 is 2.21 bits per heavy atom. The molecule has 1 aromatic rings. The Balaban J connectivity index is 1.99. The third-order valence-corrected chi connectivity index (χ3v) is 3.40. The molecule has 3 rings (SSSR count). The monoisotopic (exact) mass is 189 g/mol. The van der Waals surface area contributed by atoms with Gasteiger partial charge in [-0.25, -0.2) is 0 Å². The summed E-state index contributed by atoms with van der Waals surface area (Å²) in [4.78, 5) is 0. The quantitative estimate of drug-likeness (QED) is 0.671. The average molecular weight is 189 g/mol. The van der Waals surface area contributed by atoms with E-state index in [4.69, 9.17) is 4.74 Å². The van der Waals surface area contributed by atoms with Gasteiger partial charge in [-0.15, -0.1) is 0 Å². The van der Waals surface area contributed by atoms with Gasteiger partial charge in [-0.05, 0) is 24.6 Å².